The van der Waals surface area contributed by atoms with Crippen molar-refractivity contribution >= 4 is 76.7 Å². The van der Waals surface area contributed by atoms with Gasteiger partial charge in [0.15, 0.2) is 5.37 Å². The summed E-state index contributed by atoms with van der Waals surface area (Å²) in [6.45, 7) is 30.8. The van der Waals surface area contributed by atoms with E-state index >= 15 is 33.6 Å². The second-order valence-corrected chi connectivity index (χ2v) is 30.0. The Morgan fingerprint density at radius 1 is 0.521 bits per heavy atom. The summed E-state index contributed by atoms with van der Waals surface area (Å²) < 4.78 is 6.26. The zero-order valence-electron chi connectivity index (χ0n) is 63.4. The van der Waals surface area contributed by atoms with Crippen molar-refractivity contribution in [3.8, 4) is 0 Å². The van der Waals surface area contributed by atoms with Gasteiger partial charge < -0.3 is 70.3 Å². The molecule has 5 N–H and O–H groups in total. The predicted molar refractivity (Wildman–Crippen MR) is 378 cm³/mol. The molecule has 1 aliphatic heterocycles. The van der Waals surface area contributed by atoms with Crippen molar-refractivity contribution in [1.82, 2.24) is 60.5 Å². The topological polar surface area (TPSA) is 291 Å². The summed E-state index contributed by atoms with van der Waals surface area (Å²) in [5.41, 5.74) is 0. The number of rotatable bonds is 24. The molecule has 11 amide bonds. The zero-order valence-corrected chi connectivity index (χ0v) is 64.3. The van der Waals surface area contributed by atoms with E-state index in [0.717, 1.165) is 29.5 Å². The number of allylic oxidation sites excluding steroid dienone is 2. The van der Waals surface area contributed by atoms with Gasteiger partial charge in [-0.15, -0.1) is 11.8 Å². The molecule has 0 saturated carbocycles. The first-order valence-corrected chi connectivity index (χ1v) is 35.9. The average molecular weight is 1380 g/mol. The van der Waals surface area contributed by atoms with E-state index in [9.17, 15) is 24.3 Å². The molecule has 0 radical (unpaired) electrons. The normalized spacial score (nSPS) is 26.0. The van der Waals surface area contributed by atoms with Crippen LogP contribution in [0.15, 0.2) is 12.2 Å². The van der Waals surface area contributed by atoms with Gasteiger partial charge in [-0.2, -0.15) is 0 Å². The van der Waals surface area contributed by atoms with Gasteiger partial charge in [0.1, 0.15) is 60.4 Å². The Hall–Kier alpha value is -5.86. The number of aliphatic hydroxyl groups excluding tert-OH is 1. The lowest BCUT2D eigenvalue weighted by Gasteiger charge is -2.41. The molecule has 552 valence electrons. The van der Waals surface area contributed by atoms with Gasteiger partial charge in [-0.1, -0.05) is 122 Å². The molecule has 26 heteroatoms. The van der Waals surface area contributed by atoms with Crippen LogP contribution >= 0.6 is 11.8 Å². The molecular formula is C70H128N12O13S. The fourth-order valence-corrected chi connectivity index (χ4v) is 13.0. The Bertz CT molecular complexity index is 2570. The number of amides is 11. The molecule has 0 unspecified atom stereocenters. The molecule has 0 bridgehead atoms. The van der Waals surface area contributed by atoms with Crippen LogP contribution in [0, 0.1) is 41.4 Å². The van der Waals surface area contributed by atoms with Gasteiger partial charge in [0.25, 0.3) is 5.91 Å². The smallest absolute Gasteiger partial charge is 0.256 e. The van der Waals surface area contributed by atoms with E-state index < -0.39 is 155 Å². The highest BCUT2D eigenvalue weighted by molar-refractivity contribution is 8.00. The standard InChI is InChI=1S/C70H128N12O13S/c1-27-31-33-46(15)58(83)57-62(87)73-50(30-4)64(89)82(26)70(96-35-32-34-75(18)19)69(94)79(23)54(40-95-39-49(28-2)29-3)61(86)74-55(44(11)12)67(92)76(20)51(36-41(5)6)60(85)71-47(16)59(84)72-48(17)63(88)77(21)52(37-42(7)8)65(90)78(22)53(38-43(9)10)66(91)80(24)56(45(13)14)68(93)81(57)25/h27,31,41-58,70,83H,28-30,32-40H2,1-26H3,(H,71,85)(H,72,84)(H,73,87)(H,74,86)/b31-27+/t46-,47+,48-,50+,51+,52+,53+,54+,55+,56+,57+,58-,70-/m1/s1. The highest BCUT2D eigenvalue weighted by Gasteiger charge is 2.46. The van der Waals surface area contributed by atoms with E-state index in [2.05, 4.69) is 21.3 Å². The summed E-state index contributed by atoms with van der Waals surface area (Å²) in [7, 11) is 13.8. The van der Waals surface area contributed by atoms with Crippen molar-refractivity contribution in [3.05, 3.63) is 12.2 Å². The molecule has 1 rings (SSSR count). The molecule has 96 heavy (non-hydrogen) atoms. The Kier molecular flexibility index (Phi) is 38.7. The van der Waals surface area contributed by atoms with E-state index in [0.29, 0.717) is 25.1 Å². The average Bonchev–Trinajstić information content (AvgIpc) is 0.822. The summed E-state index contributed by atoms with van der Waals surface area (Å²) >= 11 is 1.16. The third-order valence-corrected chi connectivity index (χ3v) is 19.7. The minimum atomic E-state index is -1.65. The lowest BCUT2D eigenvalue weighted by molar-refractivity contribution is -0.157. The van der Waals surface area contributed by atoms with Gasteiger partial charge in [0.05, 0.1) is 12.7 Å². The van der Waals surface area contributed by atoms with Gasteiger partial charge in [0.2, 0.25) is 59.1 Å². The molecule has 1 heterocycles. The molecular weight excluding hydrogens is 1250 g/mol. The lowest BCUT2D eigenvalue weighted by Crippen LogP contribution is -2.64. The Morgan fingerprint density at radius 2 is 0.990 bits per heavy atom. The van der Waals surface area contributed by atoms with Crippen molar-refractivity contribution in [3.63, 3.8) is 0 Å². The second-order valence-electron chi connectivity index (χ2n) is 28.8. The Morgan fingerprint density at radius 3 is 1.47 bits per heavy atom. The number of hydrogen-bond donors (Lipinski definition) is 5. The van der Waals surface area contributed by atoms with Gasteiger partial charge in [0, 0.05) is 55.9 Å². The van der Waals surface area contributed by atoms with Crippen LogP contribution in [-0.2, 0) is 57.5 Å². The second kappa shape index (κ2) is 42.2. The summed E-state index contributed by atoms with van der Waals surface area (Å²) in [5, 5.41) is 22.2. The molecule has 1 saturated heterocycles. The van der Waals surface area contributed by atoms with E-state index in [1.807, 2.05) is 87.4 Å². The third-order valence-electron chi connectivity index (χ3n) is 18.3. The first-order valence-electron chi connectivity index (χ1n) is 34.8. The predicted octanol–water partition coefficient (Wildman–Crippen LogP) is 4.69. The maximum absolute atomic E-state index is 15.4. The highest BCUT2D eigenvalue weighted by Crippen LogP contribution is 2.27. The number of likely N-dealkylation sites (N-methyl/N-ethyl adjacent to an activating group) is 7. The van der Waals surface area contributed by atoms with Crippen molar-refractivity contribution in [2.24, 2.45) is 41.4 Å². The number of nitrogens with one attached hydrogen (secondary N) is 4. The maximum Gasteiger partial charge on any atom is 0.256 e. The molecule has 0 aromatic carbocycles. The minimum absolute atomic E-state index is 0.0103. The molecule has 0 aromatic heterocycles. The summed E-state index contributed by atoms with van der Waals surface area (Å²) in [6, 6.07) is -12.9. The van der Waals surface area contributed by atoms with Crippen molar-refractivity contribution in [2.75, 3.05) is 88.9 Å². The highest BCUT2D eigenvalue weighted by atomic mass is 32.2. The van der Waals surface area contributed by atoms with Crippen LogP contribution in [-0.4, -0.2) is 270 Å². The number of nitrogens with zero attached hydrogens (tertiary/aromatic N) is 8. The van der Waals surface area contributed by atoms with Gasteiger partial charge in [-0.05, 0) is 127 Å². The van der Waals surface area contributed by atoms with Crippen LogP contribution in [0.4, 0.5) is 0 Å². The molecule has 1 fully saturated rings. The number of hydrogen-bond acceptors (Lipinski definition) is 15. The molecule has 13 atom stereocenters. The molecule has 0 aliphatic carbocycles. The molecule has 0 aromatic rings. The van der Waals surface area contributed by atoms with Gasteiger partial charge in [-0.3, -0.25) is 52.7 Å². The van der Waals surface area contributed by atoms with Crippen molar-refractivity contribution < 1.29 is 62.6 Å². The quantitative estimate of drug-likeness (QED) is 0.0648. The number of aliphatic hydroxyl groups is 1. The van der Waals surface area contributed by atoms with Crippen LogP contribution in [0.3, 0.4) is 0 Å². The number of carbonyl (C=O) groups excluding carboxylic acids is 11. The zero-order chi connectivity index (χ0) is 74.1. The number of thioether (sulfide) groups is 1. The van der Waals surface area contributed by atoms with Gasteiger partial charge in [-0.25, -0.2) is 0 Å². The molecule has 25 nitrogen and oxygen atoms in total. The fraction of sp³-hybridized carbons (Fsp3) is 0.814. The van der Waals surface area contributed by atoms with Crippen molar-refractivity contribution in [2.45, 2.75) is 241 Å². The first kappa shape index (κ1) is 88.2. The van der Waals surface area contributed by atoms with Crippen LogP contribution in [0.25, 0.3) is 0 Å². The fourth-order valence-electron chi connectivity index (χ4n) is 11.8. The van der Waals surface area contributed by atoms with E-state index in [-0.39, 0.29) is 62.6 Å². The SMILES string of the molecule is C/C=C/C[C@@H](C)[C@@H](O)[C@H]1C(=O)N[C@@H](CC)C(=O)N(C)[C@H](SCCCN(C)C)C(=O)N(C)[C@@H](COCC(CC)CC)C(=O)N[C@@H](C(C)C)C(=O)N(C)[C@@H](CC(C)C)C(=O)N[C@@H](C)C(=O)N[C@H](C)C(=O)N(C)[C@@H](CC(C)C)C(=O)N(C)[C@@H](CC(C)C)C(=O)N(C)[C@@H](C(C)C)C(=O)N1C. The van der Waals surface area contributed by atoms with E-state index in [1.54, 1.807) is 47.6 Å². The Labute approximate surface area is 580 Å². The van der Waals surface area contributed by atoms with Crippen LogP contribution in [0.5, 0.6) is 0 Å². The summed E-state index contributed by atoms with van der Waals surface area (Å²) in [6.07, 6.45) is 4.91. The maximum atomic E-state index is 15.4. The number of ether oxygens (including phenoxy) is 1. The van der Waals surface area contributed by atoms with E-state index in [1.165, 1.54) is 92.6 Å². The third kappa shape index (κ3) is 25.8. The van der Waals surface area contributed by atoms with Gasteiger partial charge >= 0.3 is 0 Å². The molecule has 1 aliphatic rings. The van der Waals surface area contributed by atoms with Crippen LogP contribution < -0.4 is 21.3 Å². The number of carbonyl (C=O) groups is 11. The summed E-state index contributed by atoms with van der Waals surface area (Å²) in [4.78, 5) is 175. The lowest BCUT2D eigenvalue weighted by atomic mass is 9.91. The summed E-state index contributed by atoms with van der Waals surface area (Å²) in [5.74, 6) is -9.47. The first-order chi connectivity index (χ1) is 44.6. The molecule has 0 spiro atoms. The van der Waals surface area contributed by atoms with Crippen molar-refractivity contribution in [1.29, 1.82) is 0 Å². The van der Waals surface area contributed by atoms with Crippen LogP contribution in [0.1, 0.15) is 169 Å². The van der Waals surface area contributed by atoms with Crippen LogP contribution in [0.2, 0.25) is 0 Å². The Balaban J connectivity index is 4.59. The minimum Gasteiger partial charge on any atom is -0.390 e. The van der Waals surface area contributed by atoms with E-state index in [4.69, 9.17) is 4.74 Å². The monoisotopic (exact) mass is 1380 g/mol. The largest absolute Gasteiger partial charge is 0.390 e.